The number of hydrogen-bond donors (Lipinski definition) is 0. The average Bonchev–Trinajstić information content (AvgIpc) is 3.24. The van der Waals surface area contributed by atoms with Crippen molar-refractivity contribution in [2.45, 2.75) is 12.8 Å². The number of nitrogens with zero attached hydrogens (tertiary/aromatic N) is 2. The van der Waals surface area contributed by atoms with Crippen molar-refractivity contribution >= 4 is 49.9 Å². The van der Waals surface area contributed by atoms with Gasteiger partial charge >= 0.3 is 0 Å². The first-order valence-corrected chi connectivity index (χ1v) is 18.5. The lowest BCUT2D eigenvalue weighted by Gasteiger charge is -2.27. The zero-order valence-electron chi connectivity index (χ0n) is 29.9. The van der Waals surface area contributed by atoms with E-state index in [0.29, 0.717) is 0 Å². The molecule has 2 nitrogen and oxygen atoms in total. The van der Waals surface area contributed by atoms with Crippen LogP contribution in [0.25, 0.3) is 49.4 Å². The van der Waals surface area contributed by atoms with Crippen molar-refractivity contribution < 1.29 is 0 Å². The molecule has 8 aromatic rings. The molecule has 0 atom stereocenters. The Morgan fingerprint density at radius 3 is 1.57 bits per heavy atom. The Hall–Kier alpha value is -6.64. The molecular formula is C51H40N2. The predicted molar refractivity (Wildman–Crippen MR) is 227 cm³/mol. The maximum Gasteiger partial charge on any atom is 0.0462 e. The molecule has 1 aliphatic carbocycles. The summed E-state index contributed by atoms with van der Waals surface area (Å²) in [6, 6.07) is 68.1. The van der Waals surface area contributed by atoms with Gasteiger partial charge in [-0.3, -0.25) is 0 Å². The predicted octanol–water partition coefficient (Wildman–Crippen LogP) is 14.0. The van der Waals surface area contributed by atoms with Crippen LogP contribution in [0.2, 0.25) is 0 Å². The van der Waals surface area contributed by atoms with Crippen LogP contribution in [0.5, 0.6) is 0 Å². The number of anilines is 4. The Morgan fingerprint density at radius 1 is 0.415 bits per heavy atom. The van der Waals surface area contributed by atoms with Crippen LogP contribution >= 0.6 is 0 Å². The number of para-hydroxylation sites is 2. The maximum absolute atomic E-state index is 2.34. The van der Waals surface area contributed by atoms with Gasteiger partial charge < -0.3 is 9.80 Å². The zero-order chi connectivity index (χ0) is 35.6. The second-order valence-corrected chi connectivity index (χ2v) is 13.7. The summed E-state index contributed by atoms with van der Waals surface area (Å²) < 4.78 is 0. The summed E-state index contributed by atoms with van der Waals surface area (Å²) in [5.41, 5.74) is 13.4. The molecule has 53 heavy (non-hydrogen) atoms. The summed E-state index contributed by atoms with van der Waals surface area (Å²) in [4.78, 5) is 4.64. The molecule has 0 N–H and O–H groups in total. The van der Waals surface area contributed by atoms with Crippen LogP contribution in [0.1, 0.15) is 18.4 Å². The second kappa shape index (κ2) is 14.2. The molecule has 0 bridgehead atoms. The first-order chi connectivity index (χ1) is 26.2. The van der Waals surface area contributed by atoms with Gasteiger partial charge in [0.25, 0.3) is 0 Å². The van der Waals surface area contributed by atoms with E-state index in [2.05, 4.69) is 217 Å². The van der Waals surface area contributed by atoms with Gasteiger partial charge in [0.1, 0.15) is 0 Å². The standard InChI is InChI=1S/C51H40N2/c1-52(42-15-4-2-5-16-42)51-23-13-12-20-47(51)39-26-24-37(25-27-39)38-28-32-44(33-29-38)53(43-17-6-3-7-18-43)45-34-30-40(31-35-45)50-36-41-14-8-9-19-46(41)48-21-10-11-22-49(48)50/h2-11,13-19,21-36H,12,20H2,1H3. The summed E-state index contributed by atoms with van der Waals surface area (Å²) in [5, 5.41) is 5.11. The van der Waals surface area contributed by atoms with E-state index < -0.39 is 0 Å². The Bertz CT molecular complexity index is 2580. The first-order valence-electron chi connectivity index (χ1n) is 18.5. The molecule has 0 saturated heterocycles. The molecule has 0 radical (unpaired) electrons. The molecule has 9 rings (SSSR count). The van der Waals surface area contributed by atoms with Gasteiger partial charge in [0.2, 0.25) is 0 Å². The average molecular weight is 681 g/mol. The number of hydrogen-bond acceptors (Lipinski definition) is 2. The number of rotatable bonds is 8. The Labute approximate surface area is 312 Å². The fraction of sp³-hybridized carbons (Fsp3) is 0.0588. The van der Waals surface area contributed by atoms with E-state index in [1.165, 1.54) is 66.3 Å². The molecule has 0 heterocycles. The highest BCUT2D eigenvalue weighted by Gasteiger charge is 2.17. The topological polar surface area (TPSA) is 6.48 Å². The molecule has 2 heteroatoms. The number of fused-ring (bicyclic) bond motifs is 3. The van der Waals surface area contributed by atoms with Crippen molar-refractivity contribution in [3.8, 4) is 22.3 Å². The monoisotopic (exact) mass is 680 g/mol. The maximum atomic E-state index is 2.34. The third-order valence-electron chi connectivity index (χ3n) is 10.6. The molecule has 254 valence electrons. The van der Waals surface area contributed by atoms with Crippen molar-refractivity contribution in [3.05, 3.63) is 211 Å². The third kappa shape index (κ3) is 6.30. The van der Waals surface area contributed by atoms with Crippen LogP contribution in [0, 0.1) is 0 Å². The minimum absolute atomic E-state index is 1.03. The zero-order valence-corrected chi connectivity index (χ0v) is 29.9. The van der Waals surface area contributed by atoms with E-state index in [1.807, 2.05) is 0 Å². The van der Waals surface area contributed by atoms with E-state index in [1.54, 1.807) is 0 Å². The lowest BCUT2D eigenvalue weighted by atomic mass is 9.92. The van der Waals surface area contributed by atoms with Gasteiger partial charge in [0.15, 0.2) is 0 Å². The van der Waals surface area contributed by atoms with E-state index in [4.69, 9.17) is 0 Å². The Kier molecular flexibility index (Phi) is 8.63. The SMILES string of the molecule is CN(C1=C(c2ccc(-c3ccc(N(c4ccccc4)c4ccc(-c5cc6ccccc6c6ccccc56)cc4)cc3)cc2)CCC=C1)c1ccccc1. The molecular weight excluding hydrogens is 641 g/mol. The van der Waals surface area contributed by atoms with Gasteiger partial charge in [-0.05, 0) is 128 Å². The molecule has 0 fully saturated rings. The van der Waals surface area contributed by atoms with Crippen LogP contribution in [0.15, 0.2) is 206 Å². The summed E-state index contributed by atoms with van der Waals surface area (Å²) in [7, 11) is 2.16. The van der Waals surface area contributed by atoms with E-state index in [0.717, 1.165) is 29.9 Å². The number of allylic oxidation sites excluding steroid dienone is 3. The van der Waals surface area contributed by atoms with Crippen LogP contribution in [0.4, 0.5) is 22.7 Å². The molecule has 0 aliphatic heterocycles. The summed E-state index contributed by atoms with van der Waals surface area (Å²) >= 11 is 0. The van der Waals surface area contributed by atoms with Crippen molar-refractivity contribution in [3.63, 3.8) is 0 Å². The highest BCUT2D eigenvalue weighted by molar-refractivity contribution is 6.13. The minimum atomic E-state index is 1.03. The van der Waals surface area contributed by atoms with Crippen LogP contribution in [-0.4, -0.2) is 7.05 Å². The molecule has 0 saturated carbocycles. The van der Waals surface area contributed by atoms with E-state index in [9.17, 15) is 0 Å². The molecule has 8 aromatic carbocycles. The summed E-state index contributed by atoms with van der Waals surface area (Å²) in [5.74, 6) is 0. The van der Waals surface area contributed by atoms with Gasteiger partial charge in [-0.2, -0.15) is 0 Å². The summed E-state index contributed by atoms with van der Waals surface area (Å²) in [6.07, 6.45) is 6.65. The van der Waals surface area contributed by atoms with Crippen LogP contribution in [0.3, 0.4) is 0 Å². The van der Waals surface area contributed by atoms with Crippen LogP contribution in [-0.2, 0) is 0 Å². The van der Waals surface area contributed by atoms with Crippen molar-refractivity contribution in [2.75, 3.05) is 16.8 Å². The van der Waals surface area contributed by atoms with E-state index in [-0.39, 0.29) is 0 Å². The van der Waals surface area contributed by atoms with Gasteiger partial charge in [0.05, 0.1) is 0 Å². The second-order valence-electron chi connectivity index (χ2n) is 13.7. The Morgan fingerprint density at radius 2 is 0.906 bits per heavy atom. The normalized spacial score (nSPS) is 12.7. The van der Waals surface area contributed by atoms with E-state index >= 15 is 0 Å². The largest absolute Gasteiger partial charge is 0.344 e. The van der Waals surface area contributed by atoms with Gasteiger partial charge in [-0.1, -0.05) is 140 Å². The molecule has 0 amide bonds. The first kappa shape index (κ1) is 32.3. The van der Waals surface area contributed by atoms with Crippen molar-refractivity contribution in [1.82, 2.24) is 0 Å². The van der Waals surface area contributed by atoms with Crippen LogP contribution < -0.4 is 9.80 Å². The highest BCUT2D eigenvalue weighted by atomic mass is 15.1. The van der Waals surface area contributed by atoms with Gasteiger partial charge in [0, 0.05) is 35.5 Å². The number of likely N-dealkylation sites (N-methyl/N-ethyl adjacent to an activating group) is 1. The third-order valence-corrected chi connectivity index (χ3v) is 10.6. The molecule has 0 unspecified atom stereocenters. The molecule has 0 spiro atoms. The van der Waals surface area contributed by atoms with Gasteiger partial charge in [-0.15, -0.1) is 0 Å². The highest BCUT2D eigenvalue weighted by Crippen LogP contribution is 2.40. The molecule has 0 aromatic heterocycles. The lowest BCUT2D eigenvalue weighted by Crippen LogP contribution is -2.18. The van der Waals surface area contributed by atoms with Crippen molar-refractivity contribution in [1.29, 1.82) is 0 Å². The fourth-order valence-electron chi connectivity index (χ4n) is 7.82. The number of benzene rings is 8. The van der Waals surface area contributed by atoms with Gasteiger partial charge in [-0.25, -0.2) is 0 Å². The summed E-state index contributed by atoms with van der Waals surface area (Å²) in [6.45, 7) is 0. The minimum Gasteiger partial charge on any atom is -0.344 e. The Balaban J connectivity index is 1.02. The van der Waals surface area contributed by atoms with Crippen molar-refractivity contribution in [2.24, 2.45) is 0 Å². The lowest BCUT2D eigenvalue weighted by molar-refractivity contribution is 1.00. The fourth-order valence-corrected chi connectivity index (χ4v) is 7.82. The quantitative estimate of drug-likeness (QED) is 0.147. The molecule has 1 aliphatic rings. The smallest absolute Gasteiger partial charge is 0.0462 e.